The van der Waals surface area contributed by atoms with Crippen molar-refractivity contribution in [3.8, 4) is 0 Å². The van der Waals surface area contributed by atoms with Crippen LogP contribution >= 0.6 is 0 Å². The Hall–Kier alpha value is -0.570. The van der Waals surface area contributed by atoms with Crippen molar-refractivity contribution in [1.82, 2.24) is 4.90 Å². The summed E-state index contributed by atoms with van der Waals surface area (Å²) in [7, 11) is 2.15. The van der Waals surface area contributed by atoms with Crippen LogP contribution in [-0.4, -0.2) is 37.6 Å². The van der Waals surface area contributed by atoms with Gasteiger partial charge in [0.15, 0.2) is 0 Å². The molecule has 0 aromatic carbocycles. The molecule has 0 spiro atoms. The minimum absolute atomic E-state index is 0.0410. The largest absolute Gasteiger partial charge is 0.466 e. The van der Waals surface area contributed by atoms with Crippen LogP contribution in [0.3, 0.4) is 0 Å². The maximum Gasteiger partial charge on any atom is 0.305 e. The second-order valence-electron chi connectivity index (χ2n) is 4.11. The first-order valence-electron chi connectivity index (χ1n) is 5.56. The minimum Gasteiger partial charge on any atom is -0.466 e. The highest BCUT2D eigenvalue weighted by Crippen LogP contribution is 2.19. The van der Waals surface area contributed by atoms with E-state index in [4.69, 9.17) is 4.74 Å². The first kappa shape index (κ1) is 11.5. The zero-order valence-corrected chi connectivity index (χ0v) is 9.29. The van der Waals surface area contributed by atoms with Crippen LogP contribution in [-0.2, 0) is 9.53 Å². The molecule has 1 fully saturated rings. The van der Waals surface area contributed by atoms with Crippen molar-refractivity contribution in [1.29, 1.82) is 0 Å². The molecule has 3 heteroatoms. The molecule has 0 saturated carbocycles. The third-order valence-electron chi connectivity index (χ3n) is 2.78. The van der Waals surface area contributed by atoms with Crippen LogP contribution in [0.25, 0.3) is 0 Å². The predicted octanol–water partition coefficient (Wildman–Crippen LogP) is 1.67. The van der Waals surface area contributed by atoms with Gasteiger partial charge in [-0.15, -0.1) is 0 Å². The summed E-state index contributed by atoms with van der Waals surface area (Å²) in [5, 5.41) is 0. The Balaban J connectivity index is 2.14. The van der Waals surface area contributed by atoms with Crippen molar-refractivity contribution < 1.29 is 9.53 Å². The minimum atomic E-state index is -0.0410. The van der Waals surface area contributed by atoms with Crippen molar-refractivity contribution >= 4 is 5.97 Å². The van der Waals surface area contributed by atoms with Crippen LogP contribution in [0.1, 0.15) is 32.6 Å². The molecule has 1 saturated heterocycles. The van der Waals surface area contributed by atoms with Gasteiger partial charge in [0.2, 0.25) is 0 Å². The number of rotatable bonds is 4. The molecule has 0 radical (unpaired) electrons. The lowest BCUT2D eigenvalue weighted by molar-refractivity contribution is -0.143. The molecule has 0 aromatic rings. The summed E-state index contributed by atoms with van der Waals surface area (Å²) in [6.45, 7) is 4.70. The Morgan fingerprint density at radius 3 is 3.00 bits per heavy atom. The number of nitrogens with zero attached hydrogens (tertiary/aromatic N) is 1. The van der Waals surface area contributed by atoms with Crippen LogP contribution < -0.4 is 0 Å². The summed E-state index contributed by atoms with van der Waals surface area (Å²) in [5.41, 5.74) is 0. The number of ether oxygens (including phenoxy) is 1. The summed E-state index contributed by atoms with van der Waals surface area (Å²) in [4.78, 5) is 13.5. The van der Waals surface area contributed by atoms with Gasteiger partial charge in [0, 0.05) is 13.0 Å². The van der Waals surface area contributed by atoms with Crippen molar-refractivity contribution in [3.63, 3.8) is 0 Å². The van der Waals surface area contributed by atoms with Gasteiger partial charge in [0.05, 0.1) is 6.61 Å². The average Bonchev–Trinajstić information content (AvgIpc) is 2.15. The van der Waals surface area contributed by atoms with E-state index in [1.165, 1.54) is 19.4 Å². The molecular weight excluding hydrogens is 178 g/mol. The second kappa shape index (κ2) is 6.02. The third-order valence-corrected chi connectivity index (χ3v) is 2.78. The number of carbonyl (C=O) groups is 1. The van der Waals surface area contributed by atoms with E-state index in [1.807, 2.05) is 6.92 Å². The lowest BCUT2D eigenvalue weighted by Gasteiger charge is -2.29. The van der Waals surface area contributed by atoms with E-state index in [0.29, 0.717) is 18.9 Å². The van der Waals surface area contributed by atoms with Gasteiger partial charge in [-0.05, 0) is 45.7 Å². The van der Waals surface area contributed by atoms with E-state index >= 15 is 0 Å². The van der Waals surface area contributed by atoms with Crippen LogP contribution in [0.5, 0.6) is 0 Å². The summed E-state index contributed by atoms with van der Waals surface area (Å²) in [6, 6.07) is 0. The monoisotopic (exact) mass is 199 g/mol. The Morgan fingerprint density at radius 2 is 2.36 bits per heavy atom. The molecule has 82 valence electrons. The summed E-state index contributed by atoms with van der Waals surface area (Å²) < 4.78 is 4.91. The molecule has 0 bridgehead atoms. The van der Waals surface area contributed by atoms with Gasteiger partial charge in [-0.25, -0.2) is 0 Å². The third kappa shape index (κ3) is 4.09. The normalized spacial score (nSPS) is 23.4. The number of piperidine rings is 1. The van der Waals surface area contributed by atoms with Gasteiger partial charge in [-0.2, -0.15) is 0 Å². The fourth-order valence-electron chi connectivity index (χ4n) is 2.06. The van der Waals surface area contributed by atoms with E-state index in [9.17, 15) is 4.79 Å². The van der Waals surface area contributed by atoms with E-state index < -0.39 is 0 Å². The average molecular weight is 199 g/mol. The molecule has 1 aliphatic rings. The zero-order chi connectivity index (χ0) is 10.4. The molecule has 0 aliphatic carbocycles. The number of hydrogen-bond acceptors (Lipinski definition) is 3. The lowest BCUT2D eigenvalue weighted by atomic mass is 9.94. The van der Waals surface area contributed by atoms with Crippen LogP contribution in [0.15, 0.2) is 0 Å². The summed E-state index contributed by atoms with van der Waals surface area (Å²) >= 11 is 0. The second-order valence-corrected chi connectivity index (χ2v) is 4.11. The molecule has 14 heavy (non-hydrogen) atoms. The van der Waals surface area contributed by atoms with E-state index in [1.54, 1.807) is 0 Å². The van der Waals surface area contributed by atoms with Gasteiger partial charge >= 0.3 is 5.97 Å². The van der Waals surface area contributed by atoms with Crippen LogP contribution in [0, 0.1) is 5.92 Å². The lowest BCUT2D eigenvalue weighted by Crippen LogP contribution is -2.32. The molecule has 0 amide bonds. The van der Waals surface area contributed by atoms with Crippen LogP contribution in [0.4, 0.5) is 0 Å². The molecular formula is C11H21NO2. The number of hydrogen-bond donors (Lipinski definition) is 0. The van der Waals surface area contributed by atoms with E-state index in [-0.39, 0.29) is 5.97 Å². The summed E-state index contributed by atoms with van der Waals surface area (Å²) in [5.74, 6) is 0.652. The van der Waals surface area contributed by atoms with E-state index in [2.05, 4.69) is 11.9 Å². The van der Waals surface area contributed by atoms with E-state index in [0.717, 1.165) is 13.0 Å². The van der Waals surface area contributed by atoms with Gasteiger partial charge in [-0.1, -0.05) is 0 Å². The Bertz CT molecular complexity index is 182. The van der Waals surface area contributed by atoms with Gasteiger partial charge in [0.25, 0.3) is 0 Å². The SMILES string of the molecule is CCOC(=O)CC[C@@H]1CCCN(C)C1. The van der Waals surface area contributed by atoms with Crippen molar-refractivity contribution in [2.45, 2.75) is 32.6 Å². The smallest absolute Gasteiger partial charge is 0.305 e. The first-order chi connectivity index (χ1) is 6.72. The number of esters is 1. The van der Waals surface area contributed by atoms with Gasteiger partial charge < -0.3 is 9.64 Å². The highest BCUT2D eigenvalue weighted by molar-refractivity contribution is 5.69. The first-order valence-corrected chi connectivity index (χ1v) is 5.56. The molecule has 0 aromatic heterocycles. The standard InChI is InChI=1S/C11H21NO2/c1-3-14-11(13)7-6-10-5-4-8-12(2)9-10/h10H,3-9H2,1-2H3/t10-/m0/s1. The molecule has 0 N–H and O–H groups in total. The van der Waals surface area contributed by atoms with Gasteiger partial charge in [-0.3, -0.25) is 4.79 Å². The van der Waals surface area contributed by atoms with Gasteiger partial charge in [0.1, 0.15) is 0 Å². The predicted molar refractivity (Wildman–Crippen MR) is 56.1 cm³/mol. The zero-order valence-electron chi connectivity index (χ0n) is 9.29. The highest BCUT2D eigenvalue weighted by atomic mass is 16.5. The Labute approximate surface area is 86.4 Å². The van der Waals surface area contributed by atoms with Crippen LogP contribution in [0.2, 0.25) is 0 Å². The number of carbonyl (C=O) groups excluding carboxylic acids is 1. The Morgan fingerprint density at radius 1 is 1.57 bits per heavy atom. The molecule has 0 unspecified atom stereocenters. The molecule has 1 rings (SSSR count). The Kier molecular flexibility index (Phi) is 4.94. The number of likely N-dealkylation sites (tertiary alicyclic amines) is 1. The maximum atomic E-state index is 11.1. The fourth-order valence-corrected chi connectivity index (χ4v) is 2.06. The van der Waals surface area contributed by atoms with Crippen molar-refractivity contribution in [2.75, 3.05) is 26.7 Å². The molecule has 1 aliphatic heterocycles. The topological polar surface area (TPSA) is 29.5 Å². The highest BCUT2D eigenvalue weighted by Gasteiger charge is 2.18. The van der Waals surface area contributed by atoms with Crippen molar-refractivity contribution in [2.24, 2.45) is 5.92 Å². The molecule has 1 atom stereocenters. The quantitative estimate of drug-likeness (QED) is 0.645. The summed E-state index contributed by atoms with van der Waals surface area (Å²) in [6.07, 6.45) is 4.11. The molecule has 1 heterocycles. The fraction of sp³-hybridized carbons (Fsp3) is 0.909. The maximum absolute atomic E-state index is 11.1. The van der Waals surface area contributed by atoms with Crippen molar-refractivity contribution in [3.05, 3.63) is 0 Å². The molecule has 3 nitrogen and oxygen atoms in total.